The van der Waals surface area contributed by atoms with E-state index in [1.807, 2.05) is 0 Å². The molecule has 4 nitrogen and oxygen atoms in total. The summed E-state index contributed by atoms with van der Waals surface area (Å²) in [6, 6.07) is 0. The average molecular weight is 223 g/mol. The van der Waals surface area contributed by atoms with Gasteiger partial charge in [0.15, 0.2) is 5.82 Å². The second-order valence-corrected chi connectivity index (χ2v) is 5.45. The molecule has 90 valence electrons. The van der Waals surface area contributed by atoms with Gasteiger partial charge in [0, 0.05) is 5.92 Å². The van der Waals surface area contributed by atoms with Crippen LogP contribution in [0.3, 0.4) is 0 Å². The predicted molar refractivity (Wildman–Crippen MR) is 61.9 cm³/mol. The lowest BCUT2D eigenvalue weighted by Gasteiger charge is -2.32. The number of aromatic nitrogens is 2. The molecule has 1 heterocycles. The first-order chi connectivity index (χ1) is 7.51. The van der Waals surface area contributed by atoms with Crippen LogP contribution in [-0.4, -0.2) is 10.1 Å². The van der Waals surface area contributed by atoms with Crippen molar-refractivity contribution in [3.05, 3.63) is 11.7 Å². The predicted octanol–water partition coefficient (Wildman–Crippen LogP) is 2.56. The van der Waals surface area contributed by atoms with Gasteiger partial charge < -0.3 is 10.3 Å². The van der Waals surface area contributed by atoms with E-state index in [2.05, 4.69) is 30.9 Å². The highest BCUT2D eigenvalue weighted by Crippen LogP contribution is 2.36. The topological polar surface area (TPSA) is 64.9 Å². The Morgan fingerprint density at radius 3 is 2.50 bits per heavy atom. The molecule has 0 aromatic carbocycles. The molecule has 1 aromatic heterocycles. The molecule has 2 rings (SSSR count). The lowest BCUT2D eigenvalue weighted by Crippen LogP contribution is -2.40. The average Bonchev–Trinajstić information content (AvgIpc) is 2.72. The fraction of sp³-hybridized carbons (Fsp3) is 0.833. The molecule has 0 atom stereocenters. The van der Waals surface area contributed by atoms with Gasteiger partial charge in [0.25, 0.3) is 0 Å². The Bertz CT molecular complexity index is 351. The van der Waals surface area contributed by atoms with Gasteiger partial charge in [-0.25, -0.2) is 0 Å². The van der Waals surface area contributed by atoms with E-state index in [9.17, 15) is 0 Å². The van der Waals surface area contributed by atoms with Crippen LogP contribution in [0.5, 0.6) is 0 Å². The Labute approximate surface area is 96.6 Å². The lowest BCUT2D eigenvalue weighted by atomic mass is 9.78. The Balaban J connectivity index is 2.16. The Hall–Kier alpha value is -0.900. The molecular weight excluding hydrogens is 202 g/mol. The van der Waals surface area contributed by atoms with Crippen molar-refractivity contribution in [2.24, 2.45) is 11.7 Å². The molecule has 2 N–H and O–H groups in total. The SMILES string of the molecule is CC1CCC(N)(c2nc(C(C)C)no2)CC1. The molecule has 1 aliphatic rings. The molecule has 16 heavy (non-hydrogen) atoms. The quantitative estimate of drug-likeness (QED) is 0.836. The van der Waals surface area contributed by atoms with Crippen LogP contribution in [0.4, 0.5) is 0 Å². The molecular formula is C12H21N3O. The van der Waals surface area contributed by atoms with Gasteiger partial charge in [-0.3, -0.25) is 0 Å². The molecule has 0 amide bonds. The number of hydrogen-bond acceptors (Lipinski definition) is 4. The zero-order chi connectivity index (χ0) is 11.8. The van der Waals surface area contributed by atoms with Gasteiger partial charge in [-0.1, -0.05) is 25.9 Å². The summed E-state index contributed by atoms with van der Waals surface area (Å²) >= 11 is 0. The fourth-order valence-corrected chi connectivity index (χ4v) is 2.16. The fourth-order valence-electron chi connectivity index (χ4n) is 2.16. The molecule has 0 radical (unpaired) electrons. The molecule has 0 aliphatic heterocycles. The van der Waals surface area contributed by atoms with Gasteiger partial charge in [-0.05, 0) is 31.6 Å². The van der Waals surface area contributed by atoms with Gasteiger partial charge in [0.2, 0.25) is 5.89 Å². The third-order valence-corrected chi connectivity index (χ3v) is 3.55. The molecule has 0 saturated heterocycles. The van der Waals surface area contributed by atoms with Crippen LogP contribution in [-0.2, 0) is 5.54 Å². The van der Waals surface area contributed by atoms with Crippen LogP contribution in [0, 0.1) is 5.92 Å². The summed E-state index contributed by atoms with van der Waals surface area (Å²) in [4.78, 5) is 4.43. The largest absolute Gasteiger partial charge is 0.337 e. The first-order valence-electron chi connectivity index (χ1n) is 6.14. The summed E-state index contributed by atoms with van der Waals surface area (Å²) in [5.74, 6) is 2.45. The van der Waals surface area contributed by atoms with Gasteiger partial charge in [0.05, 0.1) is 5.54 Å². The van der Waals surface area contributed by atoms with Crippen molar-refractivity contribution in [2.45, 2.75) is 57.9 Å². The highest BCUT2D eigenvalue weighted by molar-refractivity contribution is 5.05. The second-order valence-electron chi connectivity index (χ2n) is 5.45. The monoisotopic (exact) mass is 223 g/mol. The van der Waals surface area contributed by atoms with Crippen molar-refractivity contribution >= 4 is 0 Å². The van der Waals surface area contributed by atoms with E-state index >= 15 is 0 Å². The smallest absolute Gasteiger partial charge is 0.246 e. The van der Waals surface area contributed by atoms with E-state index in [1.165, 1.54) is 0 Å². The van der Waals surface area contributed by atoms with Gasteiger partial charge in [-0.2, -0.15) is 4.98 Å². The second kappa shape index (κ2) is 4.17. The maximum Gasteiger partial charge on any atom is 0.246 e. The van der Waals surface area contributed by atoms with E-state index in [4.69, 9.17) is 10.3 Å². The first kappa shape index (κ1) is 11.6. The first-order valence-corrected chi connectivity index (χ1v) is 6.14. The molecule has 1 fully saturated rings. The normalized spacial score (nSPS) is 30.9. The Morgan fingerprint density at radius 1 is 1.38 bits per heavy atom. The van der Waals surface area contributed by atoms with Crippen molar-refractivity contribution < 1.29 is 4.52 Å². The maximum atomic E-state index is 6.36. The van der Waals surface area contributed by atoms with E-state index in [-0.39, 0.29) is 5.54 Å². The number of nitrogens with two attached hydrogens (primary N) is 1. The van der Waals surface area contributed by atoms with Gasteiger partial charge in [0.1, 0.15) is 0 Å². The van der Waals surface area contributed by atoms with Crippen molar-refractivity contribution in [3.63, 3.8) is 0 Å². The summed E-state index contributed by atoms with van der Waals surface area (Å²) in [6.07, 6.45) is 4.20. The third-order valence-electron chi connectivity index (χ3n) is 3.55. The zero-order valence-corrected chi connectivity index (χ0v) is 10.4. The molecule has 0 bridgehead atoms. The summed E-state index contributed by atoms with van der Waals surface area (Å²) in [5, 5.41) is 3.99. The van der Waals surface area contributed by atoms with Crippen molar-refractivity contribution in [3.8, 4) is 0 Å². The van der Waals surface area contributed by atoms with E-state index in [0.29, 0.717) is 11.8 Å². The Kier molecular flexibility index (Phi) is 3.02. The van der Waals surface area contributed by atoms with E-state index in [0.717, 1.165) is 37.4 Å². The minimum Gasteiger partial charge on any atom is -0.337 e. The molecule has 1 saturated carbocycles. The van der Waals surface area contributed by atoms with Crippen LogP contribution in [0.25, 0.3) is 0 Å². The Morgan fingerprint density at radius 2 is 2.00 bits per heavy atom. The number of hydrogen-bond donors (Lipinski definition) is 1. The van der Waals surface area contributed by atoms with Gasteiger partial charge >= 0.3 is 0 Å². The van der Waals surface area contributed by atoms with E-state index < -0.39 is 0 Å². The third kappa shape index (κ3) is 2.12. The molecule has 0 spiro atoms. The lowest BCUT2D eigenvalue weighted by molar-refractivity contribution is 0.190. The zero-order valence-electron chi connectivity index (χ0n) is 10.4. The summed E-state index contributed by atoms with van der Waals surface area (Å²) in [7, 11) is 0. The molecule has 0 unspecified atom stereocenters. The summed E-state index contributed by atoms with van der Waals surface area (Å²) < 4.78 is 5.32. The van der Waals surface area contributed by atoms with Gasteiger partial charge in [-0.15, -0.1) is 0 Å². The number of nitrogens with zero attached hydrogens (tertiary/aromatic N) is 2. The van der Waals surface area contributed by atoms with Crippen molar-refractivity contribution in [1.82, 2.24) is 10.1 Å². The van der Waals surface area contributed by atoms with Crippen LogP contribution >= 0.6 is 0 Å². The molecule has 1 aliphatic carbocycles. The van der Waals surface area contributed by atoms with Crippen LogP contribution in [0.2, 0.25) is 0 Å². The highest BCUT2D eigenvalue weighted by atomic mass is 16.5. The molecule has 1 aromatic rings. The number of rotatable bonds is 2. The van der Waals surface area contributed by atoms with E-state index in [1.54, 1.807) is 0 Å². The molecule has 4 heteroatoms. The standard InChI is InChI=1S/C12H21N3O/c1-8(2)10-14-11(16-15-10)12(13)6-4-9(3)5-7-12/h8-9H,4-7,13H2,1-3H3. The maximum absolute atomic E-state index is 6.36. The summed E-state index contributed by atoms with van der Waals surface area (Å²) in [5.41, 5.74) is 5.98. The van der Waals surface area contributed by atoms with Crippen molar-refractivity contribution in [2.75, 3.05) is 0 Å². The van der Waals surface area contributed by atoms with Crippen LogP contribution < -0.4 is 5.73 Å². The van der Waals surface area contributed by atoms with Crippen LogP contribution in [0.1, 0.15) is 64.1 Å². The van der Waals surface area contributed by atoms with Crippen LogP contribution in [0.15, 0.2) is 4.52 Å². The van der Waals surface area contributed by atoms with Crippen molar-refractivity contribution in [1.29, 1.82) is 0 Å². The minimum absolute atomic E-state index is 0.295. The minimum atomic E-state index is -0.382. The highest BCUT2D eigenvalue weighted by Gasteiger charge is 2.37. The summed E-state index contributed by atoms with van der Waals surface area (Å²) in [6.45, 7) is 6.38.